The lowest BCUT2D eigenvalue weighted by Gasteiger charge is -2.61. The minimum atomic E-state index is -0.659. The molecule has 39 heavy (non-hydrogen) atoms. The molecule has 4 rings (SSSR count). The van der Waals surface area contributed by atoms with E-state index in [0.29, 0.717) is 18.9 Å². The van der Waals surface area contributed by atoms with E-state index < -0.39 is 29.1 Å². The van der Waals surface area contributed by atoms with Gasteiger partial charge in [-0.2, -0.15) is 0 Å². The lowest BCUT2D eigenvalue weighted by Crippen LogP contribution is -2.63. The number of Topliss-reactive ketones (excluding diaryl/α,β-unsaturated/α-hetero) is 1. The van der Waals surface area contributed by atoms with Crippen LogP contribution in [0.1, 0.15) is 92.9 Å². The van der Waals surface area contributed by atoms with Crippen LogP contribution in [-0.4, -0.2) is 75.3 Å². The number of aliphatic hydroxyl groups excluding tert-OH is 2. The number of rotatable bonds is 8. The van der Waals surface area contributed by atoms with Crippen LogP contribution in [0.4, 0.5) is 0 Å². The Morgan fingerprint density at radius 3 is 2.46 bits per heavy atom. The standard InChI is InChI=1S/C32H53NO5S/c1-8-30(6)18-26(38-27(36)19-39-25-12-11-22(17-24(25)35)33(9-2)10-3)31(7)20(4)13-15-32(21(5)29(30)37)16-14-23(34)28(31)32/h8,20-22,24-26,28-29,35,37H,1,9-19H2,2-7H3/t20-,21+,22+,24-,25-,26-,28+,29+,30-,31+,32+/m1/s1. The van der Waals surface area contributed by atoms with Crippen molar-refractivity contribution >= 4 is 23.5 Å². The van der Waals surface area contributed by atoms with Gasteiger partial charge >= 0.3 is 5.97 Å². The van der Waals surface area contributed by atoms with Crippen LogP contribution in [0.25, 0.3) is 0 Å². The molecule has 2 bridgehead atoms. The third kappa shape index (κ3) is 5.28. The lowest BCUT2D eigenvalue weighted by molar-refractivity contribution is -0.205. The van der Waals surface area contributed by atoms with Gasteiger partial charge in [0, 0.05) is 34.5 Å². The van der Waals surface area contributed by atoms with E-state index in [1.165, 1.54) is 11.8 Å². The predicted octanol–water partition coefficient (Wildman–Crippen LogP) is 5.25. The van der Waals surface area contributed by atoms with E-state index in [0.717, 1.165) is 51.6 Å². The summed E-state index contributed by atoms with van der Waals surface area (Å²) in [6.45, 7) is 18.9. The number of hydrogen-bond acceptors (Lipinski definition) is 7. The molecule has 0 aromatic carbocycles. The molecule has 0 heterocycles. The Morgan fingerprint density at radius 1 is 1.15 bits per heavy atom. The van der Waals surface area contributed by atoms with Gasteiger partial charge in [-0.05, 0) is 75.3 Å². The van der Waals surface area contributed by atoms with Crippen molar-refractivity contribution in [3.63, 3.8) is 0 Å². The highest BCUT2D eigenvalue weighted by molar-refractivity contribution is 8.00. The zero-order valence-electron chi connectivity index (χ0n) is 25.2. The summed E-state index contributed by atoms with van der Waals surface area (Å²) >= 11 is 1.51. The first-order valence-corrected chi connectivity index (χ1v) is 16.5. The van der Waals surface area contributed by atoms with Crippen molar-refractivity contribution in [1.29, 1.82) is 0 Å². The average Bonchev–Trinajstić information content (AvgIpc) is 3.27. The third-order valence-corrected chi connectivity index (χ3v) is 13.4. The number of carbonyl (C=O) groups excluding carboxylic acids is 2. The van der Waals surface area contributed by atoms with E-state index in [4.69, 9.17) is 4.74 Å². The Balaban J connectivity index is 1.53. The smallest absolute Gasteiger partial charge is 0.316 e. The average molecular weight is 564 g/mol. The molecule has 7 heteroatoms. The molecule has 4 aliphatic carbocycles. The normalized spacial score (nSPS) is 46.3. The first-order chi connectivity index (χ1) is 18.4. The van der Waals surface area contributed by atoms with Crippen LogP contribution in [0.3, 0.4) is 0 Å². The molecule has 0 saturated heterocycles. The fourth-order valence-electron chi connectivity index (χ4n) is 9.23. The van der Waals surface area contributed by atoms with E-state index in [1.807, 2.05) is 13.0 Å². The molecule has 0 aliphatic heterocycles. The molecule has 0 aromatic heterocycles. The van der Waals surface area contributed by atoms with Crippen LogP contribution in [0.15, 0.2) is 12.7 Å². The quantitative estimate of drug-likeness (QED) is 0.308. The first kappa shape index (κ1) is 31.1. The van der Waals surface area contributed by atoms with Crippen molar-refractivity contribution in [3.8, 4) is 0 Å². The summed E-state index contributed by atoms with van der Waals surface area (Å²) in [4.78, 5) is 29.4. The molecule has 0 radical (unpaired) electrons. The lowest BCUT2D eigenvalue weighted by atomic mass is 9.44. The maximum absolute atomic E-state index is 13.6. The van der Waals surface area contributed by atoms with Gasteiger partial charge < -0.3 is 19.8 Å². The molecule has 2 N–H and O–H groups in total. The van der Waals surface area contributed by atoms with E-state index in [9.17, 15) is 19.8 Å². The summed E-state index contributed by atoms with van der Waals surface area (Å²) in [5, 5.41) is 22.6. The Labute approximate surface area is 240 Å². The molecule has 11 atom stereocenters. The number of ketones is 1. The number of aliphatic hydroxyl groups is 2. The van der Waals surface area contributed by atoms with Crippen molar-refractivity contribution in [3.05, 3.63) is 12.7 Å². The van der Waals surface area contributed by atoms with E-state index >= 15 is 0 Å². The maximum atomic E-state index is 13.6. The molecule has 0 spiro atoms. The summed E-state index contributed by atoms with van der Waals surface area (Å²) in [5.41, 5.74) is -1.39. The number of carbonyl (C=O) groups is 2. The fraction of sp³-hybridized carbons (Fsp3) is 0.875. The van der Waals surface area contributed by atoms with Gasteiger partial charge in [-0.3, -0.25) is 9.59 Å². The van der Waals surface area contributed by atoms with Gasteiger partial charge in [0.05, 0.1) is 18.0 Å². The zero-order valence-corrected chi connectivity index (χ0v) is 26.0. The molecular weight excluding hydrogens is 510 g/mol. The minimum absolute atomic E-state index is 0.0241. The van der Waals surface area contributed by atoms with Crippen LogP contribution in [0.2, 0.25) is 0 Å². The van der Waals surface area contributed by atoms with Crippen LogP contribution in [0, 0.1) is 34.0 Å². The molecule has 0 amide bonds. The van der Waals surface area contributed by atoms with Crippen LogP contribution in [-0.2, 0) is 14.3 Å². The molecule has 4 fully saturated rings. The minimum Gasteiger partial charge on any atom is -0.461 e. The highest BCUT2D eigenvalue weighted by Crippen LogP contribution is 2.68. The Kier molecular flexibility index (Phi) is 9.37. The summed E-state index contributed by atoms with van der Waals surface area (Å²) in [5.74, 6) is 0.143. The van der Waals surface area contributed by atoms with Crippen molar-refractivity contribution < 1.29 is 24.5 Å². The number of thioether (sulfide) groups is 1. The monoisotopic (exact) mass is 563 g/mol. The van der Waals surface area contributed by atoms with Gasteiger partial charge in [0.25, 0.3) is 0 Å². The maximum Gasteiger partial charge on any atom is 0.316 e. The van der Waals surface area contributed by atoms with Crippen LogP contribution < -0.4 is 0 Å². The molecule has 4 saturated carbocycles. The van der Waals surface area contributed by atoms with Gasteiger partial charge in [-0.1, -0.05) is 47.6 Å². The fourth-order valence-corrected chi connectivity index (χ4v) is 10.3. The summed E-state index contributed by atoms with van der Waals surface area (Å²) in [6, 6.07) is 0.399. The summed E-state index contributed by atoms with van der Waals surface area (Å²) < 4.78 is 6.38. The molecular formula is C32H53NO5S. The van der Waals surface area contributed by atoms with Crippen LogP contribution >= 0.6 is 11.8 Å². The van der Waals surface area contributed by atoms with Gasteiger partial charge in [0.1, 0.15) is 11.9 Å². The SMILES string of the molecule is C=C[C@]1(C)C[C@@H](OC(=O)CS[C@@H]2CC[C@H](N(CC)CC)C[C@H]2O)[C@]2(C)[C@H](C)CC[C@]3(CCC(=O)[C@H]32)[C@@H](C)[C@@H]1O. The molecule has 6 nitrogen and oxygen atoms in total. The largest absolute Gasteiger partial charge is 0.461 e. The predicted molar refractivity (Wildman–Crippen MR) is 157 cm³/mol. The molecule has 4 aliphatic rings. The second kappa shape index (κ2) is 11.8. The van der Waals surface area contributed by atoms with Crippen LogP contribution in [0.5, 0.6) is 0 Å². The van der Waals surface area contributed by atoms with Crippen molar-refractivity contribution in [2.24, 2.45) is 34.0 Å². The van der Waals surface area contributed by atoms with E-state index in [1.54, 1.807) is 0 Å². The molecule has 222 valence electrons. The summed E-state index contributed by atoms with van der Waals surface area (Å²) in [7, 11) is 0. The Morgan fingerprint density at radius 2 is 1.85 bits per heavy atom. The summed E-state index contributed by atoms with van der Waals surface area (Å²) in [6.07, 6.45) is 6.61. The third-order valence-electron chi connectivity index (χ3n) is 12.0. The zero-order chi connectivity index (χ0) is 28.8. The molecule has 0 unspecified atom stereocenters. The second-order valence-electron chi connectivity index (χ2n) is 13.7. The van der Waals surface area contributed by atoms with Gasteiger partial charge in [0.15, 0.2) is 0 Å². The first-order valence-electron chi connectivity index (χ1n) is 15.4. The van der Waals surface area contributed by atoms with Gasteiger partial charge in [-0.25, -0.2) is 0 Å². The second-order valence-corrected chi connectivity index (χ2v) is 14.9. The highest BCUT2D eigenvalue weighted by Gasteiger charge is 2.68. The number of ether oxygens (including phenoxy) is 1. The van der Waals surface area contributed by atoms with Crippen molar-refractivity contribution in [2.75, 3.05) is 18.8 Å². The van der Waals surface area contributed by atoms with Gasteiger partial charge in [0.2, 0.25) is 0 Å². The van der Waals surface area contributed by atoms with Crippen molar-refractivity contribution in [1.82, 2.24) is 4.90 Å². The Hall–Kier alpha value is -0.890. The topological polar surface area (TPSA) is 87.1 Å². The highest BCUT2D eigenvalue weighted by atomic mass is 32.2. The van der Waals surface area contributed by atoms with E-state index in [-0.39, 0.29) is 45.9 Å². The van der Waals surface area contributed by atoms with E-state index in [2.05, 4.69) is 46.1 Å². The van der Waals surface area contributed by atoms with Gasteiger partial charge in [-0.15, -0.1) is 18.3 Å². The molecule has 0 aromatic rings. The number of hydrogen-bond donors (Lipinski definition) is 2. The number of nitrogens with zero attached hydrogens (tertiary/aromatic N) is 1. The Bertz CT molecular complexity index is 924. The number of esters is 1. The van der Waals surface area contributed by atoms with Crippen molar-refractivity contribution in [2.45, 2.75) is 123 Å².